The third kappa shape index (κ3) is 5.31. The van der Waals surface area contributed by atoms with Crippen LogP contribution in [0.3, 0.4) is 0 Å². The van der Waals surface area contributed by atoms with Crippen molar-refractivity contribution < 1.29 is 14.4 Å². The normalized spacial score (nSPS) is 16.5. The first-order valence-corrected chi connectivity index (χ1v) is 13.7. The van der Waals surface area contributed by atoms with Crippen LogP contribution in [-0.2, 0) is 33.8 Å². The minimum absolute atomic E-state index is 0.00353. The highest BCUT2D eigenvalue weighted by Gasteiger charge is 2.44. The van der Waals surface area contributed by atoms with Crippen LogP contribution in [0, 0.1) is 11.3 Å². The van der Waals surface area contributed by atoms with Crippen molar-refractivity contribution in [1.82, 2.24) is 9.88 Å². The van der Waals surface area contributed by atoms with Crippen LogP contribution in [0.2, 0.25) is 0 Å². The Hall–Kier alpha value is -3.48. The number of rotatable bonds is 7. The van der Waals surface area contributed by atoms with Crippen LogP contribution in [0.4, 0.5) is 5.69 Å². The fraction of sp³-hybridized carbons (Fsp3) is 0.250. The number of nitrogens with zero attached hydrogens (tertiary/aromatic N) is 4. The highest BCUT2D eigenvalue weighted by molar-refractivity contribution is 9.10. The minimum atomic E-state index is -0.909. The van der Waals surface area contributed by atoms with Crippen molar-refractivity contribution in [2.75, 3.05) is 10.7 Å². The molecule has 9 heteroatoms. The van der Waals surface area contributed by atoms with Gasteiger partial charge in [0.15, 0.2) is 0 Å². The number of halogens is 1. The molecule has 7 nitrogen and oxygen atoms in total. The first kappa shape index (κ1) is 25.2. The van der Waals surface area contributed by atoms with Crippen LogP contribution < -0.4 is 4.90 Å². The minimum Gasteiger partial charge on any atom is -0.325 e. The molecule has 0 radical (unpaired) electrons. The molecule has 186 valence electrons. The molecule has 1 aliphatic carbocycles. The third-order valence-electron chi connectivity index (χ3n) is 6.57. The fourth-order valence-corrected chi connectivity index (χ4v) is 5.85. The van der Waals surface area contributed by atoms with Crippen molar-refractivity contribution in [2.45, 2.75) is 43.3 Å². The van der Waals surface area contributed by atoms with E-state index in [2.05, 4.69) is 27.0 Å². The zero-order valence-corrected chi connectivity index (χ0v) is 22.3. The number of benzene rings is 2. The summed E-state index contributed by atoms with van der Waals surface area (Å²) in [7, 11) is 0. The number of pyridine rings is 1. The molecule has 1 atom stereocenters. The van der Waals surface area contributed by atoms with Crippen molar-refractivity contribution >= 4 is 51.1 Å². The van der Waals surface area contributed by atoms with Gasteiger partial charge in [-0.3, -0.25) is 14.4 Å². The molecule has 0 N–H and O–H groups in total. The van der Waals surface area contributed by atoms with E-state index in [0.717, 1.165) is 45.5 Å². The molecule has 2 aliphatic rings. The summed E-state index contributed by atoms with van der Waals surface area (Å²) in [6.07, 6.45) is 2.71. The first-order valence-electron chi connectivity index (χ1n) is 12.0. The maximum atomic E-state index is 13.6. The first-order chi connectivity index (χ1) is 17.9. The van der Waals surface area contributed by atoms with Crippen molar-refractivity contribution in [2.24, 2.45) is 0 Å². The van der Waals surface area contributed by atoms with E-state index in [1.807, 2.05) is 36.4 Å². The second-order valence-electron chi connectivity index (χ2n) is 8.97. The van der Waals surface area contributed by atoms with Crippen molar-refractivity contribution in [3.05, 3.63) is 87.5 Å². The third-order valence-corrected chi connectivity index (χ3v) is 8.07. The van der Waals surface area contributed by atoms with Gasteiger partial charge in [-0.15, -0.1) is 0 Å². The number of anilines is 1. The molecule has 0 saturated carbocycles. The van der Waals surface area contributed by atoms with Crippen molar-refractivity contribution in [1.29, 1.82) is 5.26 Å². The van der Waals surface area contributed by atoms with Crippen LogP contribution in [0.5, 0.6) is 0 Å². The van der Waals surface area contributed by atoms with E-state index in [9.17, 15) is 19.6 Å². The van der Waals surface area contributed by atoms with E-state index >= 15 is 0 Å². The molecule has 37 heavy (non-hydrogen) atoms. The van der Waals surface area contributed by atoms with Gasteiger partial charge < -0.3 is 4.90 Å². The Balaban J connectivity index is 1.39. The van der Waals surface area contributed by atoms with Gasteiger partial charge in [-0.25, -0.2) is 9.88 Å². The molecule has 1 unspecified atom stereocenters. The molecule has 1 aromatic heterocycles. The molecule has 3 aromatic rings. The zero-order chi connectivity index (χ0) is 25.9. The number of amides is 3. The molecule has 1 saturated heterocycles. The summed E-state index contributed by atoms with van der Waals surface area (Å²) in [4.78, 5) is 47.3. The number of hydrogen-bond donors (Lipinski definition) is 0. The molecule has 1 aliphatic heterocycles. The van der Waals surface area contributed by atoms with Gasteiger partial charge in [0.25, 0.3) is 5.91 Å². The number of imide groups is 1. The summed E-state index contributed by atoms with van der Waals surface area (Å²) in [5.41, 5.74) is 3.87. The maximum Gasteiger partial charge on any atom is 0.257 e. The molecular weight excluding hydrogens is 552 g/mol. The molecule has 5 rings (SSSR count). The quantitative estimate of drug-likeness (QED) is 0.301. The average molecular weight is 575 g/mol. The Bertz CT molecular complexity index is 1410. The largest absolute Gasteiger partial charge is 0.325 e. The molecule has 3 amide bonds. The topological polar surface area (TPSA) is 94.4 Å². The van der Waals surface area contributed by atoms with Gasteiger partial charge in [-0.2, -0.15) is 5.26 Å². The number of fused-ring (bicyclic) bond motifs is 1. The summed E-state index contributed by atoms with van der Waals surface area (Å²) < 4.78 is 0.835. The second-order valence-corrected chi connectivity index (χ2v) is 10.9. The lowest BCUT2D eigenvalue weighted by Gasteiger charge is -2.28. The number of carbonyl (C=O) groups is 3. The highest BCUT2D eigenvalue weighted by atomic mass is 79.9. The lowest BCUT2D eigenvalue weighted by molar-refractivity contribution is -0.136. The van der Waals surface area contributed by atoms with Gasteiger partial charge in [0.2, 0.25) is 11.8 Å². The standard InChI is InChI=1S/C28H23BrN4O3S/c29-21-9-11-22(12-10-21)33-25(34)14-24(28(33)36)32(16-18-5-2-1-3-6-18)26(35)17-37-27-20(15-30)13-19-7-4-8-23(19)31-27/h1-3,5-6,9-13,24H,4,7-8,14,16-17H2. The highest BCUT2D eigenvalue weighted by Crippen LogP contribution is 2.31. The summed E-state index contributed by atoms with van der Waals surface area (Å²) in [6, 6.07) is 19.5. The van der Waals surface area contributed by atoms with E-state index in [0.29, 0.717) is 16.3 Å². The molecule has 0 spiro atoms. The second kappa shape index (κ2) is 10.9. The van der Waals surface area contributed by atoms with Gasteiger partial charge in [-0.05, 0) is 60.7 Å². The van der Waals surface area contributed by atoms with Crippen LogP contribution in [0.25, 0.3) is 0 Å². The Morgan fingerprint density at radius 3 is 2.62 bits per heavy atom. The van der Waals surface area contributed by atoms with Gasteiger partial charge in [-0.1, -0.05) is 58.0 Å². The summed E-state index contributed by atoms with van der Waals surface area (Å²) >= 11 is 4.57. The Labute approximate surface area is 227 Å². The molecule has 2 heterocycles. The number of thioether (sulfide) groups is 1. The van der Waals surface area contributed by atoms with Gasteiger partial charge in [0.05, 0.1) is 23.4 Å². The zero-order valence-electron chi connectivity index (χ0n) is 19.9. The van der Waals surface area contributed by atoms with Crippen LogP contribution in [-0.4, -0.2) is 39.4 Å². The van der Waals surface area contributed by atoms with E-state index in [4.69, 9.17) is 0 Å². The number of aryl methyl sites for hydroxylation is 2. The number of nitriles is 1. The number of aromatic nitrogens is 1. The summed E-state index contributed by atoms with van der Waals surface area (Å²) in [6.45, 7) is 0.195. The predicted octanol–water partition coefficient (Wildman–Crippen LogP) is 4.66. The van der Waals surface area contributed by atoms with Gasteiger partial charge in [0, 0.05) is 16.7 Å². The molecular formula is C28H23BrN4O3S. The lowest BCUT2D eigenvalue weighted by atomic mass is 10.1. The van der Waals surface area contributed by atoms with E-state index in [1.54, 1.807) is 24.3 Å². The average Bonchev–Trinajstić information content (AvgIpc) is 3.49. The monoisotopic (exact) mass is 574 g/mol. The number of hydrogen-bond acceptors (Lipinski definition) is 6. The molecule has 1 fully saturated rings. The van der Waals surface area contributed by atoms with Crippen molar-refractivity contribution in [3.63, 3.8) is 0 Å². The Kier molecular flexibility index (Phi) is 7.40. The number of carbonyl (C=O) groups excluding carboxylic acids is 3. The van der Waals surface area contributed by atoms with Crippen LogP contribution in [0.1, 0.15) is 35.2 Å². The van der Waals surface area contributed by atoms with E-state index in [1.165, 1.54) is 16.7 Å². The molecule has 0 bridgehead atoms. The Morgan fingerprint density at radius 1 is 1.14 bits per heavy atom. The maximum absolute atomic E-state index is 13.6. The van der Waals surface area contributed by atoms with Crippen LogP contribution >= 0.6 is 27.7 Å². The van der Waals surface area contributed by atoms with Crippen molar-refractivity contribution in [3.8, 4) is 6.07 Å². The summed E-state index contributed by atoms with van der Waals surface area (Å²) in [5.74, 6) is -1.05. The van der Waals surface area contributed by atoms with E-state index in [-0.39, 0.29) is 30.5 Å². The van der Waals surface area contributed by atoms with E-state index < -0.39 is 11.9 Å². The van der Waals surface area contributed by atoms with Crippen LogP contribution in [0.15, 0.2) is 70.2 Å². The molecule has 2 aromatic carbocycles. The Morgan fingerprint density at radius 2 is 1.89 bits per heavy atom. The fourth-order valence-electron chi connectivity index (χ4n) is 4.73. The smallest absolute Gasteiger partial charge is 0.257 e. The summed E-state index contributed by atoms with van der Waals surface area (Å²) in [5, 5.41) is 10.1. The SMILES string of the molecule is N#Cc1cc2c(nc1SCC(=O)N(Cc1ccccc1)C1CC(=O)N(c3ccc(Br)cc3)C1=O)CCC2. The predicted molar refractivity (Wildman–Crippen MR) is 144 cm³/mol. The van der Waals surface area contributed by atoms with Gasteiger partial charge >= 0.3 is 0 Å². The van der Waals surface area contributed by atoms with Gasteiger partial charge in [0.1, 0.15) is 17.1 Å². The lowest BCUT2D eigenvalue weighted by Crippen LogP contribution is -2.45.